The number of nitrogens with zero attached hydrogens (tertiary/aromatic N) is 2. The van der Waals surface area contributed by atoms with Crippen LogP contribution in [0.25, 0.3) is 17.0 Å². The van der Waals surface area contributed by atoms with Gasteiger partial charge in [-0.3, -0.25) is 4.79 Å². The van der Waals surface area contributed by atoms with E-state index in [9.17, 15) is 10.1 Å². The topological polar surface area (TPSA) is 67.0 Å². The van der Waals surface area contributed by atoms with Crippen LogP contribution in [-0.4, -0.2) is 29.7 Å². The summed E-state index contributed by atoms with van der Waals surface area (Å²) in [4.78, 5) is 12.2. The largest absolute Gasteiger partial charge is 0.376 e. The second kappa shape index (κ2) is 6.67. The Labute approximate surface area is 135 Å². The van der Waals surface area contributed by atoms with Crippen LogP contribution in [0, 0.1) is 11.3 Å². The zero-order valence-corrected chi connectivity index (χ0v) is 13.1. The van der Waals surface area contributed by atoms with Gasteiger partial charge in [-0.2, -0.15) is 5.26 Å². The summed E-state index contributed by atoms with van der Waals surface area (Å²) in [5.74, 6) is -0.351. The highest BCUT2D eigenvalue weighted by Crippen LogP contribution is 2.22. The van der Waals surface area contributed by atoms with Crippen LogP contribution in [0.1, 0.15) is 18.4 Å². The lowest BCUT2D eigenvalue weighted by Crippen LogP contribution is -2.32. The molecule has 1 amide bonds. The van der Waals surface area contributed by atoms with Gasteiger partial charge in [0.05, 0.1) is 6.10 Å². The van der Waals surface area contributed by atoms with E-state index in [-0.39, 0.29) is 17.6 Å². The zero-order valence-electron chi connectivity index (χ0n) is 13.1. The maximum atomic E-state index is 12.2. The third kappa shape index (κ3) is 3.27. The van der Waals surface area contributed by atoms with Crippen LogP contribution in [0.4, 0.5) is 0 Å². The number of benzene rings is 1. The Balaban J connectivity index is 1.80. The summed E-state index contributed by atoms with van der Waals surface area (Å²) in [6.45, 7) is 1.20. The smallest absolute Gasteiger partial charge is 0.262 e. The van der Waals surface area contributed by atoms with E-state index in [4.69, 9.17) is 4.74 Å². The van der Waals surface area contributed by atoms with Gasteiger partial charge in [-0.05, 0) is 25.0 Å². The molecule has 1 saturated heterocycles. The summed E-state index contributed by atoms with van der Waals surface area (Å²) in [6, 6.07) is 9.91. The maximum absolute atomic E-state index is 12.2. The summed E-state index contributed by atoms with van der Waals surface area (Å²) in [5.41, 5.74) is 2.04. The minimum atomic E-state index is -0.351. The van der Waals surface area contributed by atoms with Crippen molar-refractivity contribution >= 4 is 22.9 Å². The van der Waals surface area contributed by atoms with Crippen molar-refractivity contribution < 1.29 is 9.53 Å². The molecule has 23 heavy (non-hydrogen) atoms. The number of aryl methyl sites for hydroxylation is 1. The predicted octanol–water partition coefficient (Wildman–Crippen LogP) is 2.38. The highest BCUT2D eigenvalue weighted by atomic mass is 16.5. The molecule has 2 heterocycles. The van der Waals surface area contributed by atoms with Crippen LogP contribution in [0.2, 0.25) is 0 Å². The Kier molecular flexibility index (Phi) is 4.45. The molecular weight excluding hydrogens is 290 g/mol. The lowest BCUT2D eigenvalue weighted by molar-refractivity contribution is -0.117. The second-order valence-electron chi connectivity index (χ2n) is 5.73. The van der Waals surface area contributed by atoms with E-state index >= 15 is 0 Å². The normalized spacial score (nSPS) is 18.1. The minimum Gasteiger partial charge on any atom is -0.376 e. The second-order valence-corrected chi connectivity index (χ2v) is 5.73. The summed E-state index contributed by atoms with van der Waals surface area (Å²) >= 11 is 0. The van der Waals surface area contributed by atoms with E-state index in [1.54, 1.807) is 6.08 Å². The Morgan fingerprint density at radius 1 is 1.52 bits per heavy atom. The van der Waals surface area contributed by atoms with Crippen LogP contribution in [-0.2, 0) is 16.6 Å². The monoisotopic (exact) mass is 309 g/mol. The molecule has 1 aliphatic rings. The third-order valence-corrected chi connectivity index (χ3v) is 4.11. The van der Waals surface area contributed by atoms with Gasteiger partial charge in [-0.15, -0.1) is 0 Å². The van der Waals surface area contributed by atoms with E-state index in [1.165, 1.54) is 0 Å². The van der Waals surface area contributed by atoms with Crippen LogP contribution in [0.5, 0.6) is 0 Å². The van der Waals surface area contributed by atoms with Crippen molar-refractivity contribution in [2.24, 2.45) is 7.05 Å². The quantitative estimate of drug-likeness (QED) is 0.696. The van der Waals surface area contributed by atoms with Crippen molar-refractivity contribution in [3.05, 3.63) is 41.6 Å². The first-order valence-corrected chi connectivity index (χ1v) is 7.74. The Morgan fingerprint density at radius 3 is 3.09 bits per heavy atom. The standard InChI is InChI=1S/C18H19N3O2/c1-21-12-14(16-6-2-3-7-17(16)21)9-13(10-19)18(22)20-11-15-5-4-8-23-15/h2-3,6-7,9,12,15H,4-5,8,11H2,1H3,(H,20,22)/b13-9+/t15-/m0/s1. The highest BCUT2D eigenvalue weighted by molar-refractivity contribution is 6.04. The number of carbonyl (C=O) groups excluding carboxylic acids is 1. The van der Waals surface area contributed by atoms with Gasteiger partial charge >= 0.3 is 0 Å². The van der Waals surface area contributed by atoms with E-state index < -0.39 is 0 Å². The Bertz CT molecular complexity index is 792. The van der Waals surface area contributed by atoms with Crippen LogP contribution in [0.15, 0.2) is 36.0 Å². The molecule has 3 rings (SSSR count). The third-order valence-electron chi connectivity index (χ3n) is 4.11. The number of amides is 1. The number of nitrogens with one attached hydrogen (secondary N) is 1. The van der Waals surface area contributed by atoms with Gasteiger partial charge in [0, 0.05) is 42.9 Å². The predicted molar refractivity (Wildman–Crippen MR) is 88.5 cm³/mol. The number of fused-ring (bicyclic) bond motifs is 1. The minimum absolute atomic E-state index is 0.0662. The molecule has 1 aromatic carbocycles. The molecule has 2 aromatic rings. The summed E-state index contributed by atoms with van der Waals surface area (Å²) < 4.78 is 7.46. The molecular formula is C18H19N3O2. The van der Waals surface area contributed by atoms with Gasteiger partial charge in [0.2, 0.25) is 0 Å². The molecule has 0 unspecified atom stereocenters. The number of rotatable bonds is 4. The molecule has 118 valence electrons. The number of nitriles is 1. The number of carbonyl (C=O) groups is 1. The van der Waals surface area contributed by atoms with E-state index in [1.807, 2.05) is 48.1 Å². The van der Waals surface area contributed by atoms with E-state index in [0.717, 1.165) is 35.9 Å². The van der Waals surface area contributed by atoms with Gasteiger partial charge in [-0.25, -0.2) is 0 Å². The lowest BCUT2D eigenvalue weighted by Gasteiger charge is -2.10. The molecule has 1 aromatic heterocycles. The molecule has 1 aliphatic heterocycles. The van der Waals surface area contributed by atoms with Crippen molar-refractivity contribution in [3.8, 4) is 6.07 Å². The number of aromatic nitrogens is 1. The van der Waals surface area contributed by atoms with E-state index in [2.05, 4.69) is 5.32 Å². The van der Waals surface area contributed by atoms with Gasteiger partial charge in [0.15, 0.2) is 0 Å². The summed E-state index contributed by atoms with van der Waals surface area (Å²) in [6.07, 6.45) is 5.62. The molecule has 1 atom stereocenters. The van der Waals surface area contributed by atoms with Crippen molar-refractivity contribution in [1.29, 1.82) is 5.26 Å². The highest BCUT2D eigenvalue weighted by Gasteiger charge is 2.18. The SMILES string of the molecule is Cn1cc(/C=C(\C#N)C(=O)NC[C@@H]2CCCO2)c2ccccc21. The molecule has 0 radical (unpaired) electrons. The van der Waals surface area contributed by atoms with Crippen molar-refractivity contribution in [3.63, 3.8) is 0 Å². The van der Waals surface area contributed by atoms with Gasteiger partial charge in [0.25, 0.3) is 5.91 Å². The Hall–Kier alpha value is -2.58. The first kappa shape index (κ1) is 15.3. The zero-order chi connectivity index (χ0) is 16.2. The van der Waals surface area contributed by atoms with Gasteiger partial charge in [-0.1, -0.05) is 18.2 Å². The number of hydrogen-bond donors (Lipinski definition) is 1. The first-order chi connectivity index (χ1) is 11.2. The Morgan fingerprint density at radius 2 is 2.35 bits per heavy atom. The fraction of sp³-hybridized carbons (Fsp3) is 0.333. The van der Waals surface area contributed by atoms with Gasteiger partial charge in [0.1, 0.15) is 11.6 Å². The number of ether oxygens (including phenoxy) is 1. The molecule has 0 bridgehead atoms. The van der Waals surface area contributed by atoms with Crippen molar-refractivity contribution in [2.45, 2.75) is 18.9 Å². The first-order valence-electron chi connectivity index (χ1n) is 7.74. The van der Waals surface area contributed by atoms with Gasteiger partial charge < -0.3 is 14.6 Å². The lowest BCUT2D eigenvalue weighted by atomic mass is 10.1. The van der Waals surface area contributed by atoms with Crippen molar-refractivity contribution in [1.82, 2.24) is 9.88 Å². The number of para-hydroxylation sites is 1. The molecule has 1 N–H and O–H groups in total. The van der Waals surface area contributed by atoms with Crippen LogP contribution < -0.4 is 5.32 Å². The fourth-order valence-electron chi connectivity index (χ4n) is 2.90. The molecule has 5 nitrogen and oxygen atoms in total. The average Bonchev–Trinajstić information content (AvgIpc) is 3.19. The van der Waals surface area contributed by atoms with Crippen LogP contribution in [0.3, 0.4) is 0 Å². The maximum Gasteiger partial charge on any atom is 0.262 e. The van der Waals surface area contributed by atoms with E-state index in [0.29, 0.717) is 6.54 Å². The average molecular weight is 309 g/mol. The molecule has 1 fully saturated rings. The molecule has 5 heteroatoms. The van der Waals surface area contributed by atoms with Crippen molar-refractivity contribution in [2.75, 3.05) is 13.2 Å². The summed E-state index contributed by atoms with van der Waals surface area (Å²) in [5, 5.41) is 13.1. The summed E-state index contributed by atoms with van der Waals surface area (Å²) in [7, 11) is 1.95. The van der Waals surface area contributed by atoms with Crippen LogP contribution >= 0.6 is 0 Å². The molecule has 0 spiro atoms. The number of hydrogen-bond acceptors (Lipinski definition) is 3. The fourth-order valence-corrected chi connectivity index (χ4v) is 2.90. The molecule has 0 saturated carbocycles. The molecule has 0 aliphatic carbocycles.